The molecule has 0 radical (unpaired) electrons. The number of aromatic nitrogens is 1. The number of carbonyl (C=O) groups excluding carboxylic acids is 1. The van der Waals surface area contributed by atoms with E-state index in [1.165, 1.54) is 22.5 Å². The predicted octanol–water partition coefficient (Wildman–Crippen LogP) is 3.15. The van der Waals surface area contributed by atoms with Crippen LogP contribution in [-0.2, 0) is 32.6 Å². The maximum Gasteiger partial charge on any atom is 0.420 e. The van der Waals surface area contributed by atoms with E-state index >= 15 is 0 Å². The monoisotopic (exact) mass is 446 g/mol. The molecule has 0 spiro atoms. The van der Waals surface area contributed by atoms with Crippen molar-refractivity contribution in [1.82, 2.24) is 8.87 Å². The maximum absolute atomic E-state index is 13.4. The zero-order chi connectivity index (χ0) is 22.4. The summed E-state index contributed by atoms with van der Waals surface area (Å²) in [5, 5.41) is 0. The summed E-state index contributed by atoms with van der Waals surface area (Å²) in [4.78, 5) is 24.0. The van der Waals surface area contributed by atoms with Crippen molar-refractivity contribution in [3.63, 3.8) is 0 Å². The number of hydrogen-bond acceptors (Lipinski definition) is 6. The van der Waals surface area contributed by atoms with Crippen LogP contribution in [0, 0.1) is 0 Å². The zero-order valence-electron chi connectivity index (χ0n) is 17.6. The Morgan fingerprint density at radius 2 is 1.87 bits per heavy atom. The van der Waals surface area contributed by atoms with Gasteiger partial charge in [0.1, 0.15) is 6.54 Å². The number of hydrogen-bond donors (Lipinski definition) is 0. The molecule has 1 aromatic heterocycles. The van der Waals surface area contributed by atoms with Gasteiger partial charge in [-0.3, -0.25) is 9.36 Å². The van der Waals surface area contributed by atoms with Crippen molar-refractivity contribution in [2.45, 2.75) is 44.7 Å². The highest BCUT2D eigenvalue weighted by Crippen LogP contribution is 2.23. The molecule has 0 aliphatic carbocycles. The first-order chi connectivity index (χ1) is 14.9. The molecule has 0 amide bonds. The van der Waals surface area contributed by atoms with Crippen LogP contribution in [0.1, 0.15) is 32.3 Å². The Morgan fingerprint density at radius 3 is 2.55 bits per heavy atom. The summed E-state index contributed by atoms with van der Waals surface area (Å²) < 4.78 is 39.4. The van der Waals surface area contributed by atoms with Crippen molar-refractivity contribution in [1.29, 1.82) is 0 Å². The highest BCUT2D eigenvalue weighted by atomic mass is 32.2. The highest BCUT2D eigenvalue weighted by molar-refractivity contribution is 7.89. The molecule has 31 heavy (non-hydrogen) atoms. The molecule has 9 heteroatoms. The van der Waals surface area contributed by atoms with Gasteiger partial charge in [0.15, 0.2) is 5.58 Å². The van der Waals surface area contributed by atoms with Gasteiger partial charge in [0, 0.05) is 19.2 Å². The number of esters is 1. The molecule has 3 aromatic rings. The molecule has 0 aliphatic rings. The van der Waals surface area contributed by atoms with Crippen molar-refractivity contribution in [2.24, 2.45) is 0 Å². The minimum Gasteiger partial charge on any atom is -0.465 e. The Kier molecular flexibility index (Phi) is 7.29. The fraction of sp³-hybridized carbons (Fsp3) is 0.364. The van der Waals surface area contributed by atoms with Crippen LogP contribution in [0.5, 0.6) is 0 Å². The second kappa shape index (κ2) is 9.93. The molecule has 0 atom stereocenters. The molecule has 0 N–H and O–H groups in total. The lowest BCUT2D eigenvalue weighted by atomic mass is 10.2. The summed E-state index contributed by atoms with van der Waals surface area (Å²) in [6.45, 7) is 4.18. The van der Waals surface area contributed by atoms with Gasteiger partial charge in [0.05, 0.1) is 17.0 Å². The van der Waals surface area contributed by atoms with E-state index in [2.05, 4.69) is 0 Å². The lowest BCUT2D eigenvalue weighted by molar-refractivity contribution is -0.143. The van der Waals surface area contributed by atoms with E-state index in [1.54, 1.807) is 6.92 Å². The van der Waals surface area contributed by atoms with Crippen molar-refractivity contribution >= 4 is 27.1 Å². The van der Waals surface area contributed by atoms with Crippen molar-refractivity contribution in [3.05, 3.63) is 64.6 Å². The lowest BCUT2D eigenvalue weighted by Crippen LogP contribution is -2.31. The SMILES string of the molecule is CCCCN(Cc1ccccc1)S(=O)(=O)c1ccc2c(c1)oc(=O)n2CC(=O)OCC. The fourth-order valence-corrected chi connectivity index (χ4v) is 4.73. The van der Waals surface area contributed by atoms with Gasteiger partial charge in [0.25, 0.3) is 0 Å². The Bertz CT molecular complexity index is 1200. The van der Waals surface area contributed by atoms with Crippen LogP contribution in [-0.4, -0.2) is 36.4 Å². The summed E-state index contributed by atoms with van der Waals surface area (Å²) in [7, 11) is -3.83. The van der Waals surface area contributed by atoms with Gasteiger partial charge in [-0.1, -0.05) is 43.7 Å². The predicted molar refractivity (Wildman–Crippen MR) is 116 cm³/mol. The topological polar surface area (TPSA) is 98.8 Å². The smallest absolute Gasteiger partial charge is 0.420 e. The standard InChI is InChI=1S/C22H26N2O6S/c1-3-5-13-23(15-17-9-7-6-8-10-17)31(27,28)18-11-12-19-20(14-18)30-22(26)24(19)16-21(25)29-4-2/h6-12,14H,3-5,13,15-16H2,1-2H3. The lowest BCUT2D eigenvalue weighted by Gasteiger charge is -2.22. The molecule has 0 saturated heterocycles. The minimum atomic E-state index is -3.83. The van der Waals surface area contributed by atoms with Crippen molar-refractivity contribution < 1.29 is 22.4 Å². The average Bonchev–Trinajstić information content (AvgIpc) is 3.06. The molecule has 0 aliphatic heterocycles. The molecule has 3 rings (SSSR count). The third-order valence-electron chi connectivity index (χ3n) is 4.83. The molecule has 2 aromatic carbocycles. The van der Waals surface area contributed by atoms with Gasteiger partial charge < -0.3 is 9.15 Å². The van der Waals surface area contributed by atoms with Crippen LogP contribution in [0.2, 0.25) is 0 Å². The molecule has 0 saturated carbocycles. The molecule has 0 bridgehead atoms. The molecule has 1 heterocycles. The van der Waals surface area contributed by atoms with Crippen LogP contribution < -0.4 is 5.76 Å². The number of ether oxygens (including phenoxy) is 1. The molecular formula is C22H26N2O6S. The van der Waals surface area contributed by atoms with E-state index in [9.17, 15) is 18.0 Å². The third-order valence-corrected chi connectivity index (χ3v) is 6.67. The van der Waals surface area contributed by atoms with E-state index in [4.69, 9.17) is 9.15 Å². The van der Waals surface area contributed by atoms with Crippen molar-refractivity contribution in [2.75, 3.05) is 13.2 Å². The van der Waals surface area contributed by atoms with Gasteiger partial charge in [-0.25, -0.2) is 13.2 Å². The number of sulfonamides is 1. The van der Waals surface area contributed by atoms with Crippen molar-refractivity contribution in [3.8, 4) is 0 Å². The number of nitrogens with zero attached hydrogens (tertiary/aromatic N) is 2. The molecule has 0 fully saturated rings. The zero-order valence-corrected chi connectivity index (χ0v) is 18.4. The van der Waals surface area contributed by atoms with Gasteiger partial charge in [0.2, 0.25) is 10.0 Å². The highest BCUT2D eigenvalue weighted by Gasteiger charge is 2.26. The second-order valence-electron chi connectivity index (χ2n) is 7.07. The first-order valence-electron chi connectivity index (χ1n) is 10.2. The summed E-state index contributed by atoms with van der Waals surface area (Å²) in [6, 6.07) is 13.6. The number of rotatable bonds is 10. The summed E-state index contributed by atoms with van der Waals surface area (Å²) in [5.74, 6) is -1.32. The van der Waals surface area contributed by atoms with Gasteiger partial charge >= 0.3 is 11.7 Å². The number of fused-ring (bicyclic) bond motifs is 1. The first-order valence-corrected chi connectivity index (χ1v) is 11.6. The molecule has 8 nitrogen and oxygen atoms in total. The van der Waals surface area contributed by atoms with Crippen LogP contribution >= 0.6 is 0 Å². The van der Waals surface area contributed by atoms with Crippen LogP contribution in [0.3, 0.4) is 0 Å². The average molecular weight is 447 g/mol. The van der Waals surface area contributed by atoms with E-state index in [-0.39, 0.29) is 30.2 Å². The van der Waals surface area contributed by atoms with E-state index in [1.807, 2.05) is 37.3 Å². The van der Waals surface area contributed by atoms with E-state index in [0.717, 1.165) is 23.0 Å². The quantitative estimate of drug-likeness (QED) is 0.444. The second-order valence-corrected chi connectivity index (χ2v) is 9.00. The molecule has 166 valence electrons. The van der Waals surface area contributed by atoms with E-state index < -0.39 is 21.7 Å². The van der Waals surface area contributed by atoms with Crippen LogP contribution in [0.15, 0.2) is 62.6 Å². The largest absolute Gasteiger partial charge is 0.465 e. The van der Waals surface area contributed by atoms with Crippen LogP contribution in [0.4, 0.5) is 0 Å². The molecule has 0 unspecified atom stereocenters. The van der Waals surface area contributed by atoms with Gasteiger partial charge in [-0.05, 0) is 31.0 Å². The Morgan fingerprint density at radius 1 is 1.13 bits per heavy atom. The Labute approximate surface area is 181 Å². The Hall–Kier alpha value is -2.91. The number of unbranched alkanes of at least 4 members (excludes halogenated alkanes) is 1. The Balaban J connectivity index is 1.95. The number of oxazole rings is 1. The third kappa shape index (κ3) is 5.23. The number of benzene rings is 2. The first kappa shape index (κ1) is 22.8. The maximum atomic E-state index is 13.4. The van der Waals surface area contributed by atoms with Crippen LogP contribution in [0.25, 0.3) is 11.1 Å². The summed E-state index contributed by atoms with van der Waals surface area (Å²) in [5.41, 5.74) is 1.32. The minimum absolute atomic E-state index is 0.0315. The van der Waals surface area contributed by atoms with E-state index in [0.29, 0.717) is 12.1 Å². The molecular weight excluding hydrogens is 420 g/mol. The number of carbonyl (C=O) groups is 1. The fourth-order valence-electron chi connectivity index (χ4n) is 3.25. The summed E-state index contributed by atoms with van der Waals surface area (Å²) >= 11 is 0. The summed E-state index contributed by atoms with van der Waals surface area (Å²) in [6.07, 6.45) is 1.57. The van der Waals surface area contributed by atoms with Gasteiger partial charge in [-0.2, -0.15) is 4.31 Å². The normalized spacial score (nSPS) is 11.8. The van der Waals surface area contributed by atoms with Gasteiger partial charge in [-0.15, -0.1) is 0 Å².